The van der Waals surface area contributed by atoms with E-state index < -0.39 is 29.6 Å². The molecule has 2 atom stereocenters. The lowest BCUT2D eigenvalue weighted by molar-refractivity contribution is -0.152. The number of aliphatic hydroxyl groups is 1. The summed E-state index contributed by atoms with van der Waals surface area (Å²) in [6.07, 6.45) is -0.858. The van der Waals surface area contributed by atoms with Gasteiger partial charge in [-0.05, 0) is 31.0 Å². The van der Waals surface area contributed by atoms with E-state index in [9.17, 15) is 18.7 Å². The number of benzene rings is 1. The average Bonchev–Trinajstić information content (AvgIpc) is 2.33. The molecule has 0 fully saturated rings. The number of esters is 1. The van der Waals surface area contributed by atoms with Crippen molar-refractivity contribution in [1.82, 2.24) is 0 Å². The Kier molecular flexibility index (Phi) is 5.22. The van der Waals surface area contributed by atoms with Crippen LogP contribution < -0.4 is 0 Å². The SMILES string of the molecule is CCOC(=O)C(CC)C(O)c1ccc(F)c(F)c1. The van der Waals surface area contributed by atoms with Gasteiger partial charge in [-0.3, -0.25) is 4.79 Å². The third kappa shape index (κ3) is 3.26. The molecule has 0 aromatic heterocycles. The summed E-state index contributed by atoms with van der Waals surface area (Å²) in [5.41, 5.74) is 0.161. The molecule has 1 N–H and O–H groups in total. The van der Waals surface area contributed by atoms with Crippen LogP contribution in [0.15, 0.2) is 18.2 Å². The maximum atomic E-state index is 13.1. The summed E-state index contributed by atoms with van der Waals surface area (Å²) in [5, 5.41) is 10.0. The summed E-state index contributed by atoms with van der Waals surface area (Å²) < 4.78 is 30.7. The van der Waals surface area contributed by atoms with E-state index in [0.29, 0.717) is 6.42 Å². The zero-order valence-electron chi connectivity index (χ0n) is 10.3. The van der Waals surface area contributed by atoms with E-state index in [4.69, 9.17) is 4.74 Å². The quantitative estimate of drug-likeness (QED) is 0.826. The number of carbonyl (C=O) groups excluding carboxylic acids is 1. The van der Waals surface area contributed by atoms with Crippen molar-refractivity contribution in [2.45, 2.75) is 26.4 Å². The van der Waals surface area contributed by atoms with Crippen LogP contribution in [0.5, 0.6) is 0 Å². The Hall–Kier alpha value is -1.49. The molecule has 0 saturated heterocycles. The van der Waals surface area contributed by atoms with Gasteiger partial charge in [-0.1, -0.05) is 13.0 Å². The molecule has 0 aliphatic carbocycles. The summed E-state index contributed by atoms with van der Waals surface area (Å²) in [5.74, 6) is -3.37. The Bertz CT molecular complexity index is 421. The molecule has 0 saturated carbocycles. The molecule has 0 bridgehead atoms. The monoisotopic (exact) mass is 258 g/mol. The van der Waals surface area contributed by atoms with Crippen LogP contribution in [0.2, 0.25) is 0 Å². The summed E-state index contributed by atoms with van der Waals surface area (Å²) in [6.45, 7) is 3.58. The van der Waals surface area contributed by atoms with Gasteiger partial charge in [-0.25, -0.2) is 8.78 Å². The Morgan fingerprint density at radius 2 is 2.00 bits per heavy atom. The average molecular weight is 258 g/mol. The highest BCUT2D eigenvalue weighted by Crippen LogP contribution is 2.26. The fourth-order valence-corrected chi connectivity index (χ4v) is 1.70. The van der Waals surface area contributed by atoms with Crippen LogP contribution in [0.25, 0.3) is 0 Å². The van der Waals surface area contributed by atoms with Gasteiger partial charge >= 0.3 is 5.97 Å². The highest BCUT2D eigenvalue weighted by Gasteiger charge is 2.28. The van der Waals surface area contributed by atoms with E-state index in [2.05, 4.69) is 0 Å². The standard InChI is InChI=1S/C13H16F2O3/c1-3-9(13(17)18-4-2)12(16)8-5-6-10(14)11(15)7-8/h5-7,9,12,16H,3-4H2,1-2H3. The van der Waals surface area contributed by atoms with Crippen LogP contribution in [0, 0.1) is 17.6 Å². The second-order valence-electron chi connectivity index (χ2n) is 3.89. The van der Waals surface area contributed by atoms with Crippen LogP contribution in [0.3, 0.4) is 0 Å². The highest BCUT2D eigenvalue weighted by molar-refractivity contribution is 5.73. The summed E-state index contributed by atoms with van der Waals surface area (Å²) in [4.78, 5) is 11.6. The number of hydrogen-bond acceptors (Lipinski definition) is 3. The van der Waals surface area contributed by atoms with E-state index >= 15 is 0 Å². The number of aliphatic hydroxyl groups excluding tert-OH is 1. The van der Waals surface area contributed by atoms with E-state index in [1.807, 2.05) is 0 Å². The van der Waals surface area contributed by atoms with Gasteiger partial charge in [-0.2, -0.15) is 0 Å². The molecule has 18 heavy (non-hydrogen) atoms. The van der Waals surface area contributed by atoms with Gasteiger partial charge in [0.05, 0.1) is 18.6 Å². The van der Waals surface area contributed by atoms with Crippen molar-refractivity contribution < 1.29 is 23.4 Å². The highest BCUT2D eigenvalue weighted by atomic mass is 19.2. The van der Waals surface area contributed by atoms with Crippen LogP contribution in [0.4, 0.5) is 8.78 Å². The van der Waals surface area contributed by atoms with Crippen molar-refractivity contribution >= 4 is 5.97 Å². The lowest BCUT2D eigenvalue weighted by atomic mass is 9.93. The predicted molar refractivity (Wildman–Crippen MR) is 61.7 cm³/mol. The Balaban J connectivity index is 2.92. The van der Waals surface area contributed by atoms with Gasteiger partial charge in [-0.15, -0.1) is 0 Å². The number of hydrogen-bond donors (Lipinski definition) is 1. The molecule has 1 aromatic rings. The van der Waals surface area contributed by atoms with Crippen molar-refractivity contribution in [3.63, 3.8) is 0 Å². The van der Waals surface area contributed by atoms with Gasteiger partial charge in [0, 0.05) is 0 Å². The molecule has 1 aromatic carbocycles. The van der Waals surface area contributed by atoms with E-state index in [1.54, 1.807) is 13.8 Å². The fraction of sp³-hybridized carbons (Fsp3) is 0.462. The van der Waals surface area contributed by atoms with Gasteiger partial charge in [0.25, 0.3) is 0 Å². The third-order valence-electron chi connectivity index (χ3n) is 2.70. The van der Waals surface area contributed by atoms with Crippen molar-refractivity contribution in [3.8, 4) is 0 Å². The zero-order chi connectivity index (χ0) is 13.7. The molecule has 0 amide bonds. The minimum Gasteiger partial charge on any atom is -0.466 e. The lowest BCUT2D eigenvalue weighted by Crippen LogP contribution is -2.24. The summed E-state index contributed by atoms with van der Waals surface area (Å²) in [7, 11) is 0. The Morgan fingerprint density at radius 3 is 2.50 bits per heavy atom. The Labute approximate surface area is 104 Å². The van der Waals surface area contributed by atoms with E-state index in [-0.39, 0.29) is 12.2 Å². The first-order chi connectivity index (χ1) is 8.51. The molecule has 0 heterocycles. The second kappa shape index (κ2) is 6.44. The van der Waals surface area contributed by atoms with Crippen LogP contribution in [-0.4, -0.2) is 17.7 Å². The maximum absolute atomic E-state index is 13.1. The minimum absolute atomic E-state index is 0.161. The normalized spacial score (nSPS) is 14.1. The number of ether oxygens (including phenoxy) is 1. The number of carbonyl (C=O) groups is 1. The molecule has 0 aliphatic heterocycles. The molecule has 0 aliphatic rings. The summed E-state index contributed by atoms with van der Waals surface area (Å²) >= 11 is 0. The maximum Gasteiger partial charge on any atom is 0.311 e. The molecule has 0 spiro atoms. The molecule has 100 valence electrons. The molecular formula is C13H16F2O3. The number of halogens is 2. The zero-order valence-corrected chi connectivity index (χ0v) is 10.3. The second-order valence-corrected chi connectivity index (χ2v) is 3.89. The smallest absolute Gasteiger partial charge is 0.311 e. The first kappa shape index (κ1) is 14.6. The van der Waals surface area contributed by atoms with Crippen molar-refractivity contribution in [2.24, 2.45) is 5.92 Å². The first-order valence-electron chi connectivity index (χ1n) is 5.80. The van der Waals surface area contributed by atoms with Crippen LogP contribution in [0.1, 0.15) is 31.9 Å². The first-order valence-corrected chi connectivity index (χ1v) is 5.80. The van der Waals surface area contributed by atoms with Crippen molar-refractivity contribution in [3.05, 3.63) is 35.4 Å². The fourth-order valence-electron chi connectivity index (χ4n) is 1.70. The van der Waals surface area contributed by atoms with E-state index in [0.717, 1.165) is 12.1 Å². The lowest BCUT2D eigenvalue weighted by Gasteiger charge is -2.20. The van der Waals surface area contributed by atoms with Gasteiger partial charge in [0.2, 0.25) is 0 Å². The molecular weight excluding hydrogens is 242 g/mol. The number of rotatable bonds is 5. The van der Waals surface area contributed by atoms with Gasteiger partial charge in [0.15, 0.2) is 11.6 Å². The third-order valence-corrected chi connectivity index (χ3v) is 2.70. The minimum atomic E-state index is -1.20. The molecule has 2 unspecified atom stereocenters. The molecule has 0 radical (unpaired) electrons. The van der Waals surface area contributed by atoms with Crippen LogP contribution in [-0.2, 0) is 9.53 Å². The molecule has 5 heteroatoms. The topological polar surface area (TPSA) is 46.5 Å². The van der Waals surface area contributed by atoms with E-state index in [1.165, 1.54) is 6.07 Å². The Morgan fingerprint density at radius 1 is 1.33 bits per heavy atom. The van der Waals surface area contributed by atoms with Gasteiger partial charge in [0.1, 0.15) is 0 Å². The van der Waals surface area contributed by atoms with Crippen molar-refractivity contribution in [2.75, 3.05) is 6.61 Å². The molecule has 1 rings (SSSR count). The van der Waals surface area contributed by atoms with Crippen LogP contribution >= 0.6 is 0 Å². The van der Waals surface area contributed by atoms with Gasteiger partial charge < -0.3 is 9.84 Å². The summed E-state index contributed by atoms with van der Waals surface area (Å²) in [6, 6.07) is 3.07. The predicted octanol–water partition coefficient (Wildman–Crippen LogP) is 2.59. The van der Waals surface area contributed by atoms with Crippen molar-refractivity contribution in [1.29, 1.82) is 0 Å². The largest absolute Gasteiger partial charge is 0.466 e. The molecule has 3 nitrogen and oxygen atoms in total.